The molecule has 1 aromatic heterocycles. The summed E-state index contributed by atoms with van der Waals surface area (Å²) in [7, 11) is 0. The average molecular weight is 341 g/mol. The summed E-state index contributed by atoms with van der Waals surface area (Å²) in [6, 6.07) is 13.0. The Labute approximate surface area is 147 Å². The van der Waals surface area contributed by atoms with Gasteiger partial charge in [0, 0.05) is 30.9 Å². The van der Waals surface area contributed by atoms with Gasteiger partial charge < -0.3 is 20.5 Å². The molecule has 3 atom stereocenters. The Hall–Kier alpha value is -2.44. The van der Waals surface area contributed by atoms with E-state index in [-0.39, 0.29) is 25.1 Å². The third-order valence-electron chi connectivity index (χ3n) is 4.65. The molecule has 1 saturated heterocycles. The minimum atomic E-state index is -0.679. The molecule has 0 radical (unpaired) electrons. The van der Waals surface area contributed by atoms with Crippen LogP contribution in [0.25, 0.3) is 0 Å². The number of carbonyl (C=O) groups excluding carboxylic acids is 1. The predicted molar refractivity (Wildman–Crippen MR) is 93.5 cm³/mol. The van der Waals surface area contributed by atoms with Crippen molar-refractivity contribution in [3.8, 4) is 0 Å². The summed E-state index contributed by atoms with van der Waals surface area (Å²) in [5.41, 5.74) is 8.17. The van der Waals surface area contributed by atoms with Gasteiger partial charge in [-0.1, -0.05) is 30.3 Å². The van der Waals surface area contributed by atoms with Crippen molar-refractivity contribution in [2.24, 2.45) is 11.7 Å². The Morgan fingerprint density at radius 3 is 2.68 bits per heavy atom. The monoisotopic (exact) mass is 341 g/mol. The number of aliphatic hydroxyl groups is 1. The number of nitrogens with two attached hydrogens (primary N) is 1. The number of nitrogens with zero attached hydrogens (tertiary/aromatic N) is 2. The predicted octanol–water partition coefficient (Wildman–Crippen LogP) is 2.10. The molecule has 2 aromatic rings. The van der Waals surface area contributed by atoms with E-state index in [0.29, 0.717) is 13.0 Å². The number of ether oxygens (including phenoxy) is 1. The molecule has 0 saturated carbocycles. The number of aromatic nitrogens is 1. The zero-order valence-electron chi connectivity index (χ0n) is 14.0. The van der Waals surface area contributed by atoms with Crippen molar-refractivity contribution in [3.63, 3.8) is 0 Å². The number of hydrogen-bond donors (Lipinski definition) is 2. The number of β-amino-alcohol motifs (C(OH)–C–C–N with tert-alkyl or cyclic N) is 1. The SMILES string of the molecule is NC(c1ccncc1)[C@H]1CCN(C(=O)OCc2ccccc2)C[C@H]1O. The number of hydrogen-bond acceptors (Lipinski definition) is 5. The van der Waals surface area contributed by atoms with Gasteiger partial charge in [0.25, 0.3) is 0 Å². The minimum absolute atomic E-state index is 0.0967. The Morgan fingerprint density at radius 1 is 1.28 bits per heavy atom. The fourth-order valence-electron chi connectivity index (χ4n) is 3.18. The van der Waals surface area contributed by atoms with E-state index >= 15 is 0 Å². The van der Waals surface area contributed by atoms with E-state index in [4.69, 9.17) is 10.5 Å². The normalized spacial score (nSPS) is 21.6. The molecule has 0 bridgehead atoms. The van der Waals surface area contributed by atoms with E-state index < -0.39 is 12.2 Å². The second-order valence-corrected chi connectivity index (χ2v) is 6.31. The number of aliphatic hydroxyl groups excluding tert-OH is 1. The van der Waals surface area contributed by atoms with Gasteiger partial charge in [0.1, 0.15) is 6.61 Å². The standard InChI is InChI=1S/C19H23N3O3/c20-18(15-6-9-21-10-7-15)16-8-11-22(12-17(16)23)19(24)25-13-14-4-2-1-3-5-14/h1-7,9-10,16-18,23H,8,11-13,20H2/t16-,17+,18?/m0/s1. The van der Waals surface area contributed by atoms with Crippen LogP contribution in [0.4, 0.5) is 4.79 Å². The summed E-state index contributed by atoms with van der Waals surface area (Å²) in [5.74, 6) is -0.0967. The molecule has 1 unspecified atom stereocenters. The van der Waals surface area contributed by atoms with Crippen molar-refractivity contribution in [3.05, 3.63) is 66.0 Å². The summed E-state index contributed by atoms with van der Waals surface area (Å²) in [6.45, 7) is 0.984. The Balaban J connectivity index is 1.53. The van der Waals surface area contributed by atoms with Crippen LogP contribution in [0, 0.1) is 5.92 Å². The zero-order chi connectivity index (χ0) is 17.6. The van der Waals surface area contributed by atoms with Gasteiger partial charge in [0.05, 0.1) is 12.6 Å². The molecule has 2 heterocycles. The fourth-order valence-corrected chi connectivity index (χ4v) is 3.18. The number of likely N-dealkylation sites (tertiary alicyclic amines) is 1. The Bertz CT molecular complexity index is 681. The van der Waals surface area contributed by atoms with E-state index in [9.17, 15) is 9.90 Å². The van der Waals surface area contributed by atoms with Crippen LogP contribution in [0.15, 0.2) is 54.9 Å². The molecule has 3 N–H and O–H groups in total. The minimum Gasteiger partial charge on any atom is -0.445 e. The third-order valence-corrected chi connectivity index (χ3v) is 4.65. The number of pyridine rings is 1. The Morgan fingerprint density at radius 2 is 2.00 bits per heavy atom. The number of piperidine rings is 1. The topological polar surface area (TPSA) is 88.7 Å². The summed E-state index contributed by atoms with van der Waals surface area (Å²) in [4.78, 5) is 17.7. The van der Waals surface area contributed by atoms with Crippen LogP contribution in [0.3, 0.4) is 0 Å². The molecule has 6 heteroatoms. The van der Waals surface area contributed by atoms with Crippen LogP contribution >= 0.6 is 0 Å². The zero-order valence-corrected chi connectivity index (χ0v) is 14.0. The number of amides is 1. The van der Waals surface area contributed by atoms with Crippen molar-refractivity contribution in [1.29, 1.82) is 0 Å². The van der Waals surface area contributed by atoms with E-state index in [1.807, 2.05) is 42.5 Å². The van der Waals surface area contributed by atoms with Gasteiger partial charge in [0.15, 0.2) is 0 Å². The quantitative estimate of drug-likeness (QED) is 0.889. The fraction of sp³-hybridized carbons (Fsp3) is 0.368. The first-order chi connectivity index (χ1) is 12.1. The van der Waals surface area contributed by atoms with Gasteiger partial charge in [-0.2, -0.15) is 0 Å². The molecule has 0 spiro atoms. The second-order valence-electron chi connectivity index (χ2n) is 6.31. The first kappa shape index (κ1) is 17.4. The first-order valence-corrected chi connectivity index (χ1v) is 8.44. The molecule has 1 aliphatic heterocycles. The van der Waals surface area contributed by atoms with Gasteiger partial charge in [-0.25, -0.2) is 4.79 Å². The van der Waals surface area contributed by atoms with Crippen molar-refractivity contribution in [1.82, 2.24) is 9.88 Å². The molecule has 132 valence electrons. The number of benzene rings is 1. The maximum absolute atomic E-state index is 12.2. The smallest absolute Gasteiger partial charge is 0.410 e. The summed E-state index contributed by atoms with van der Waals surface area (Å²) >= 11 is 0. The van der Waals surface area contributed by atoms with Crippen LogP contribution in [0.5, 0.6) is 0 Å². The van der Waals surface area contributed by atoms with Crippen molar-refractivity contribution < 1.29 is 14.6 Å². The summed E-state index contributed by atoms with van der Waals surface area (Å²) in [6.07, 6.45) is 2.93. The van der Waals surface area contributed by atoms with Crippen LogP contribution in [-0.2, 0) is 11.3 Å². The lowest BCUT2D eigenvalue weighted by molar-refractivity contribution is 0.00528. The number of rotatable bonds is 4. The highest BCUT2D eigenvalue weighted by Gasteiger charge is 2.34. The molecule has 0 aliphatic carbocycles. The van der Waals surface area contributed by atoms with Crippen LogP contribution in [0.1, 0.15) is 23.6 Å². The molecule has 25 heavy (non-hydrogen) atoms. The van der Waals surface area contributed by atoms with Crippen LogP contribution in [-0.4, -0.2) is 40.3 Å². The number of carbonyl (C=O) groups is 1. The Kier molecular flexibility index (Phi) is 5.63. The molecule has 1 amide bonds. The van der Waals surface area contributed by atoms with Crippen molar-refractivity contribution >= 4 is 6.09 Å². The van der Waals surface area contributed by atoms with Gasteiger partial charge >= 0.3 is 6.09 Å². The second kappa shape index (κ2) is 8.09. The molecule has 6 nitrogen and oxygen atoms in total. The molecule has 1 aliphatic rings. The maximum Gasteiger partial charge on any atom is 0.410 e. The van der Waals surface area contributed by atoms with Gasteiger partial charge in [-0.3, -0.25) is 4.98 Å². The van der Waals surface area contributed by atoms with Gasteiger partial charge in [-0.05, 0) is 29.7 Å². The molecular weight excluding hydrogens is 318 g/mol. The lowest BCUT2D eigenvalue weighted by Gasteiger charge is -2.38. The molecule has 3 rings (SSSR count). The highest BCUT2D eigenvalue weighted by Crippen LogP contribution is 2.29. The average Bonchev–Trinajstić information content (AvgIpc) is 2.67. The highest BCUT2D eigenvalue weighted by atomic mass is 16.6. The van der Waals surface area contributed by atoms with E-state index in [2.05, 4.69) is 4.98 Å². The van der Waals surface area contributed by atoms with Crippen molar-refractivity contribution in [2.45, 2.75) is 25.2 Å². The van der Waals surface area contributed by atoms with E-state index in [1.54, 1.807) is 17.3 Å². The maximum atomic E-state index is 12.2. The van der Waals surface area contributed by atoms with Gasteiger partial charge in [0.2, 0.25) is 0 Å². The molecule has 1 aromatic carbocycles. The molecular formula is C19H23N3O3. The lowest BCUT2D eigenvalue weighted by atomic mass is 9.84. The summed E-state index contributed by atoms with van der Waals surface area (Å²) in [5, 5.41) is 10.5. The van der Waals surface area contributed by atoms with E-state index in [1.165, 1.54) is 0 Å². The third kappa shape index (κ3) is 4.35. The van der Waals surface area contributed by atoms with Crippen molar-refractivity contribution in [2.75, 3.05) is 13.1 Å². The summed E-state index contributed by atoms with van der Waals surface area (Å²) < 4.78 is 5.33. The first-order valence-electron chi connectivity index (χ1n) is 8.44. The van der Waals surface area contributed by atoms with Gasteiger partial charge in [-0.15, -0.1) is 0 Å². The van der Waals surface area contributed by atoms with E-state index in [0.717, 1.165) is 11.1 Å². The molecule has 1 fully saturated rings. The highest BCUT2D eigenvalue weighted by molar-refractivity contribution is 5.67. The largest absolute Gasteiger partial charge is 0.445 e. The van der Waals surface area contributed by atoms with Crippen LogP contribution < -0.4 is 5.73 Å². The van der Waals surface area contributed by atoms with Crippen LogP contribution in [0.2, 0.25) is 0 Å². The lowest BCUT2D eigenvalue weighted by Crippen LogP contribution is -2.49.